The summed E-state index contributed by atoms with van der Waals surface area (Å²) in [5, 5.41) is 14.0. The van der Waals surface area contributed by atoms with Gasteiger partial charge in [-0.2, -0.15) is 13.2 Å². The normalized spacial score (nSPS) is 23.4. The predicted octanol–water partition coefficient (Wildman–Crippen LogP) is 3.27. The third kappa shape index (κ3) is 25.8. The second kappa shape index (κ2) is 38.7. The Hall–Kier alpha value is -8.41. The number of nitrogens with zero attached hydrogens (tertiary/aromatic N) is 8. The number of nitrogens with one attached hydrogen (secondary N) is 5. The fourth-order valence-electron chi connectivity index (χ4n) is 11.7. The van der Waals surface area contributed by atoms with Crippen LogP contribution in [0.5, 0.6) is 0 Å². The number of hydrogen-bond donors (Lipinski definition) is 5. The lowest BCUT2D eigenvalue weighted by molar-refractivity contribution is -0.152. The molecule has 2 saturated heterocycles. The molecule has 0 saturated carbocycles. The van der Waals surface area contributed by atoms with Crippen LogP contribution in [0.15, 0.2) is 48.5 Å². The molecule has 0 aromatic heterocycles. The summed E-state index contributed by atoms with van der Waals surface area (Å²) >= 11 is 6.22. The highest BCUT2D eigenvalue weighted by Crippen LogP contribution is 2.30. The average molecular weight is 1460 g/mol. The molecule has 0 radical (unpaired) electrons. The minimum atomic E-state index is -4.67. The van der Waals surface area contributed by atoms with E-state index in [0.717, 1.165) is 46.4 Å². The number of likely N-dealkylation sites (tertiary alicyclic amines) is 1. The average Bonchev–Trinajstić information content (AvgIpc) is 0.933. The number of ether oxygens (including phenoxy) is 1. The Kier molecular flexibility index (Phi) is 32.7. The van der Waals surface area contributed by atoms with Crippen LogP contribution in [-0.4, -0.2) is 265 Å². The Bertz CT molecular complexity index is 3280. The Balaban J connectivity index is 1.93. The van der Waals surface area contributed by atoms with Gasteiger partial charge in [-0.05, 0) is 119 Å². The highest BCUT2D eigenvalue weighted by molar-refractivity contribution is 6.30. The van der Waals surface area contributed by atoms with Crippen molar-refractivity contribution < 1.29 is 80.2 Å². The van der Waals surface area contributed by atoms with Crippen LogP contribution in [-0.2, 0) is 86.1 Å². The molecule has 2 aliphatic heterocycles. The van der Waals surface area contributed by atoms with Crippen molar-refractivity contribution in [3.63, 3.8) is 0 Å². The Labute approximate surface area is 602 Å². The van der Waals surface area contributed by atoms with Crippen molar-refractivity contribution in [2.45, 2.75) is 187 Å². The molecule has 568 valence electrons. The maximum Gasteiger partial charge on any atom is 0.416 e. The fourth-order valence-corrected chi connectivity index (χ4v) is 11.8. The molecule has 0 spiro atoms. The van der Waals surface area contributed by atoms with Gasteiger partial charge in [0, 0.05) is 79.4 Å². The van der Waals surface area contributed by atoms with E-state index in [1.807, 2.05) is 0 Å². The number of amides is 13. The first-order valence-electron chi connectivity index (χ1n) is 34.5. The van der Waals surface area contributed by atoms with Crippen molar-refractivity contribution in [3.8, 4) is 0 Å². The van der Waals surface area contributed by atoms with Gasteiger partial charge in [0.15, 0.2) is 0 Å². The molecule has 2 aromatic carbocycles. The second-order valence-electron chi connectivity index (χ2n) is 28.8. The van der Waals surface area contributed by atoms with Gasteiger partial charge >= 0.3 is 6.18 Å². The molecule has 4 rings (SSSR count). The molecule has 0 bridgehead atoms. The van der Waals surface area contributed by atoms with Gasteiger partial charge in [0.25, 0.3) is 0 Å². The molecule has 5 N–H and O–H groups in total. The van der Waals surface area contributed by atoms with Crippen LogP contribution in [0.2, 0.25) is 5.02 Å². The second-order valence-corrected chi connectivity index (χ2v) is 29.2. The minimum absolute atomic E-state index is 0.0463. The number of halogens is 4. The van der Waals surface area contributed by atoms with Crippen LogP contribution in [0.3, 0.4) is 0 Å². The summed E-state index contributed by atoms with van der Waals surface area (Å²) in [4.78, 5) is 198. The minimum Gasteiger partial charge on any atom is -0.369 e. The van der Waals surface area contributed by atoms with E-state index >= 15 is 14.4 Å². The molecule has 2 aromatic rings. The maximum absolute atomic E-state index is 15.4. The number of likely N-dealkylation sites (N-methyl/N-ethyl adjacent to an activating group) is 7. The summed E-state index contributed by atoms with van der Waals surface area (Å²) in [6.45, 7) is 14.5. The van der Waals surface area contributed by atoms with E-state index < -0.39 is 188 Å². The highest BCUT2D eigenvalue weighted by Gasteiger charge is 2.42. The smallest absolute Gasteiger partial charge is 0.369 e. The van der Waals surface area contributed by atoms with Crippen LogP contribution in [0.1, 0.15) is 131 Å². The van der Waals surface area contributed by atoms with Crippen molar-refractivity contribution in [3.05, 3.63) is 70.2 Å². The van der Waals surface area contributed by atoms with Gasteiger partial charge in [-0.3, -0.25) is 62.3 Å². The molecular formula is C71H107ClF3N13O14. The van der Waals surface area contributed by atoms with Gasteiger partial charge in [-0.15, -0.1) is 0 Å². The Morgan fingerprint density at radius 1 is 0.598 bits per heavy atom. The molecule has 31 heteroatoms. The zero-order valence-electron chi connectivity index (χ0n) is 62.1. The van der Waals surface area contributed by atoms with Crippen LogP contribution in [0, 0.1) is 17.8 Å². The number of hydrogen-bond acceptors (Lipinski definition) is 14. The van der Waals surface area contributed by atoms with Gasteiger partial charge in [-0.25, -0.2) is 0 Å². The Morgan fingerprint density at radius 3 is 1.72 bits per heavy atom. The van der Waals surface area contributed by atoms with E-state index in [9.17, 15) is 61.1 Å². The van der Waals surface area contributed by atoms with E-state index in [-0.39, 0.29) is 43.9 Å². The Morgan fingerprint density at radius 2 is 1.16 bits per heavy atom. The number of alkyl halides is 3. The monoisotopic (exact) mass is 1460 g/mol. The molecule has 27 nitrogen and oxygen atoms in total. The molecule has 0 unspecified atom stereocenters. The summed E-state index contributed by atoms with van der Waals surface area (Å²) in [6.07, 6.45) is -4.41. The molecule has 13 amide bonds. The van der Waals surface area contributed by atoms with Crippen molar-refractivity contribution >= 4 is 88.4 Å². The van der Waals surface area contributed by atoms with Crippen LogP contribution >= 0.6 is 11.6 Å². The molecule has 9 atom stereocenters. The molecule has 102 heavy (non-hydrogen) atoms. The van der Waals surface area contributed by atoms with Gasteiger partial charge in [0.05, 0.1) is 38.2 Å². The van der Waals surface area contributed by atoms with Gasteiger partial charge in [0.1, 0.15) is 54.9 Å². The fraction of sp³-hybridized carbons (Fsp3) is 0.648. The molecule has 2 heterocycles. The van der Waals surface area contributed by atoms with Crippen molar-refractivity contribution in [1.29, 1.82) is 0 Å². The van der Waals surface area contributed by atoms with Crippen molar-refractivity contribution in [2.24, 2.45) is 17.8 Å². The zero-order valence-corrected chi connectivity index (χ0v) is 62.8. The summed E-state index contributed by atoms with van der Waals surface area (Å²) in [5.41, 5.74) is -0.805. The maximum atomic E-state index is 15.4. The summed E-state index contributed by atoms with van der Waals surface area (Å²) in [5.74, 6) is -11.5. The quantitative estimate of drug-likeness (QED) is 0.161. The first-order valence-corrected chi connectivity index (χ1v) is 34.9. The molecule has 2 aliphatic rings. The summed E-state index contributed by atoms with van der Waals surface area (Å²) in [7, 11) is 9.09. The zero-order chi connectivity index (χ0) is 77.0. The summed E-state index contributed by atoms with van der Waals surface area (Å²) < 4.78 is 47.0. The van der Waals surface area contributed by atoms with Gasteiger partial charge < -0.3 is 70.5 Å². The molecule has 2 fully saturated rings. The SMILES string of the molecule is CC[C@H](C)[C@@H]1NC(=O)[C@H](C)N(C)C(=O)C[C@@H](C(=O)N2CCCC2)NC(=O)[C@H](CC(C)C)N(C)C(=O)[C@H](COCC(=O)NC(C)(C)C)N(C)C(=O)[C@H](CC(C)C)NC(=O)[C@H](CCc2ccc(C(F)(F)F)cc2)NC(=O)CN(C)C(=O)[C@@H](Cc2ccc(Cl)cc2)N(C)C(=O)CN(C)C(=O)CN(C)C1=O. The topological polar surface area (TPSA) is 317 Å². The first kappa shape index (κ1) is 86.0. The van der Waals surface area contributed by atoms with Gasteiger partial charge in [-0.1, -0.05) is 83.8 Å². The third-order valence-corrected chi connectivity index (χ3v) is 18.5. The number of benzene rings is 2. The number of rotatable bonds is 16. The number of carbonyl (C=O) groups excluding carboxylic acids is 13. The van der Waals surface area contributed by atoms with Crippen LogP contribution < -0.4 is 26.6 Å². The van der Waals surface area contributed by atoms with Crippen molar-refractivity contribution in [1.82, 2.24) is 65.8 Å². The number of aryl methyl sites for hydroxylation is 1. The highest BCUT2D eigenvalue weighted by atomic mass is 35.5. The molecular weight excluding hydrogens is 1350 g/mol. The lowest BCUT2D eigenvalue weighted by atomic mass is 9.97. The van der Waals surface area contributed by atoms with E-state index in [4.69, 9.17) is 16.3 Å². The summed E-state index contributed by atoms with van der Waals surface area (Å²) in [6, 6.07) is -1.11. The third-order valence-electron chi connectivity index (χ3n) is 18.2. The largest absolute Gasteiger partial charge is 0.416 e. The van der Waals surface area contributed by atoms with Gasteiger partial charge in [0.2, 0.25) is 76.8 Å². The van der Waals surface area contributed by atoms with Crippen molar-refractivity contribution in [2.75, 3.05) is 95.3 Å². The van der Waals surface area contributed by atoms with E-state index in [1.54, 1.807) is 86.6 Å². The van der Waals surface area contributed by atoms with E-state index in [2.05, 4.69) is 26.6 Å². The lowest BCUT2D eigenvalue weighted by Gasteiger charge is -2.37. The number of carbonyl (C=O) groups is 13. The molecule has 0 aliphatic carbocycles. The standard InChI is InChI=1S/C71H107ClF3N13O14/c1-18-44(6)61-69(101)83(13)38-59(92)81(11)39-60(93)85(15)54(35-47-23-28-49(72)29-24-47)67(99)82(12)37-56(89)76-50(30-25-46-21-26-48(27-22-46)71(73,74)75)63(95)77-51(33-42(2)3)65(97)87(17)55(40-102-41-57(90)80-70(8,9)10)68(100)86(16)53(34-43(4)5)64(96)78-52(66(98)88-31-19-20-32-88)36-58(91)84(14)45(7)62(94)79-61/h21-24,26-29,42-45,50-55,61H,18-20,25,30-41H2,1-17H3,(H,76,89)(H,77,95)(H,78,96)(H,79,94)(H,80,90)/t44-,45-,50-,51-,52-,53-,54+,55-,61-/m0/s1. The van der Waals surface area contributed by atoms with E-state index in [0.29, 0.717) is 48.5 Å². The first-order chi connectivity index (χ1) is 47.5. The van der Waals surface area contributed by atoms with Crippen LogP contribution in [0.25, 0.3) is 0 Å². The lowest BCUT2D eigenvalue weighted by Crippen LogP contribution is -2.61. The predicted molar refractivity (Wildman–Crippen MR) is 375 cm³/mol. The van der Waals surface area contributed by atoms with Crippen LogP contribution in [0.4, 0.5) is 13.2 Å². The van der Waals surface area contributed by atoms with E-state index in [1.165, 1.54) is 73.3 Å².